The Morgan fingerprint density at radius 2 is 2.08 bits per heavy atom. The number of hydrogen-bond donors (Lipinski definition) is 1. The van der Waals surface area contributed by atoms with E-state index in [0.717, 1.165) is 18.4 Å². The van der Waals surface area contributed by atoms with E-state index in [2.05, 4.69) is 20.4 Å². The van der Waals surface area contributed by atoms with E-state index in [9.17, 15) is 8.42 Å². The summed E-state index contributed by atoms with van der Waals surface area (Å²) in [4.78, 5) is 6.44. The van der Waals surface area contributed by atoms with Crippen molar-refractivity contribution in [3.63, 3.8) is 0 Å². The summed E-state index contributed by atoms with van der Waals surface area (Å²) in [6.07, 6.45) is 5.27. The van der Waals surface area contributed by atoms with E-state index in [1.54, 1.807) is 13.1 Å². The lowest BCUT2D eigenvalue weighted by Gasteiger charge is -2.35. The number of piperazine rings is 1. The molecule has 0 unspecified atom stereocenters. The highest BCUT2D eigenvalue weighted by molar-refractivity contribution is 14.0. The van der Waals surface area contributed by atoms with E-state index in [0.29, 0.717) is 31.9 Å². The largest absolute Gasteiger partial charge is 0.364 e. The third-order valence-corrected chi connectivity index (χ3v) is 6.31. The molecule has 142 valence electrons. The SMILES string of the molecule is CN=C(NCCC1CC1)N1CCN(S(=O)(=O)Cc2ccon2)CC1.I. The summed E-state index contributed by atoms with van der Waals surface area (Å²) in [5.74, 6) is 1.64. The molecule has 1 aliphatic heterocycles. The second-order valence-corrected chi connectivity index (χ2v) is 8.31. The maximum Gasteiger partial charge on any atom is 0.220 e. The molecule has 0 spiro atoms. The Hall–Kier alpha value is -0.880. The van der Waals surface area contributed by atoms with Gasteiger partial charge in [-0.2, -0.15) is 4.31 Å². The highest BCUT2D eigenvalue weighted by atomic mass is 127. The van der Waals surface area contributed by atoms with E-state index in [1.807, 2.05) is 0 Å². The highest BCUT2D eigenvalue weighted by Gasteiger charge is 2.29. The Balaban J connectivity index is 0.00000225. The number of guanidine groups is 1. The number of hydrogen-bond acceptors (Lipinski definition) is 5. The van der Waals surface area contributed by atoms with Crippen molar-refractivity contribution in [2.45, 2.75) is 25.0 Å². The summed E-state index contributed by atoms with van der Waals surface area (Å²) in [6.45, 7) is 3.14. The Kier molecular flexibility index (Phi) is 7.50. The zero-order valence-electron chi connectivity index (χ0n) is 14.4. The van der Waals surface area contributed by atoms with Crippen molar-refractivity contribution < 1.29 is 12.9 Å². The van der Waals surface area contributed by atoms with Crippen LogP contribution in [0.2, 0.25) is 0 Å². The van der Waals surface area contributed by atoms with Gasteiger partial charge in [-0.25, -0.2) is 8.42 Å². The maximum atomic E-state index is 12.4. The quantitative estimate of drug-likeness (QED) is 0.371. The van der Waals surface area contributed by atoms with Gasteiger partial charge >= 0.3 is 0 Å². The van der Waals surface area contributed by atoms with Gasteiger partial charge in [0.15, 0.2) is 5.96 Å². The van der Waals surface area contributed by atoms with Crippen molar-refractivity contribution in [2.24, 2.45) is 10.9 Å². The molecule has 1 aromatic rings. The first-order valence-electron chi connectivity index (χ1n) is 8.41. The molecule has 1 aromatic heterocycles. The summed E-state index contributed by atoms with van der Waals surface area (Å²) in [6, 6.07) is 1.58. The second-order valence-electron chi connectivity index (χ2n) is 6.34. The minimum atomic E-state index is -3.36. The minimum absolute atomic E-state index is 0. The molecule has 2 aliphatic rings. The minimum Gasteiger partial charge on any atom is -0.364 e. The van der Waals surface area contributed by atoms with Crippen molar-refractivity contribution in [3.8, 4) is 0 Å². The maximum absolute atomic E-state index is 12.4. The molecule has 10 heteroatoms. The monoisotopic (exact) mass is 483 g/mol. The second kappa shape index (κ2) is 9.17. The molecule has 0 radical (unpaired) electrons. The molecule has 3 rings (SSSR count). The summed E-state index contributed by atoms with van der Waals surface area (Å²) < 4.78 is 31.1. The van der Waals surface area contributed by atoms with Gasteiger partial charge in [-0.1, -0.05) is 18.0 Å². The number of aromatic nitrogens is 1. The topological polar surface area (TPSA) is 91.0 Å². The van der Waals surface area contributed by atoms with Crippen LogP contribution in [0.4, 0.5) is 0 Å². The predicted molar refractivity (Wildman–Crippen MR) is 106 cm³/mol. The molecule has 2 heterocycles. The van der Waals surface area contributed by atoms with E-state index in [-0.39, 0.29) is 29.7 Å². The Bertz CT molecular complexity index is 653. The van der Waals surface area contributed by atoms with Crippen molar-refractivity contribution >= 4 is 40.0 Å². The van der Waals surface area contributed by atoms with Gasteiger partial charge < -0.3 is 14.7 Å². The summed E-state index contributed by atoms with van der Waals surface area (Å²) >= 11 is 0. The lowest BCUT2D eigenvalue weighted by molar-refractivity contribution is 0.259. The van der Waals surface area contributed by atoms with Crippen LogP contribution in [0.25, 0.3) is 0 Å². The molecule has 0 aromatic carbocycles. The van der Waals surface area contributed by atoms with Crippen LogP contribution in [-0.4, -0.2) is 68.5 Å². The van der Waals surface area contributed by atoms with Gasteiger partial charge in [0, 0.05) is 45.8 Å². The van der Waals surface area contributed by atoms with Gasteiger partial charge in [-0.3, -0.25) is 4.99 Å². The van der Waals surface area contributed by atoms with Gasteiger partial charge in [0.2, 0.25) is 10.0 Å². The molecule has 0 bridgehead atoms. The van der Waals surface area contributed by atoms with Crippen LogP contribution in [0, 0.1) is 5.92 Å². The smallest absolute Gasteiger partial charge is 0.220 e. The highest BCUT2D eigenvalue weighted by Crippen LogP contribution is 2.31. The molecule has 0 amide bonds. The standard InChI is InChI=1S/C15H25N5O3S.HI/c1-16-15(17-6-4-13-2-3-13)19-7-9-20(10-8-19)24(21,22)12-14-5-11-23-18-14;/h5,11,13H,2-4,6-10,12H2,1H3,(H,16,17);1H. The number of sulfonamides is 1. The fourth-order valence-corrected chi connectivity index (χ4v) is 4.32. The van der Waals surface area contributed by atoms with Crippen LogP contribution in [0.15, 0.2) is 21.8 Å². The Morgan fingerprint density at radius 1 is 1.36 bits per heavy atom. The van der Waals surface area contributed by atoms with Crippen molar-refractivity contribution in [2.75, 3.05) is 39.8 Å². The Labute approximate surface area is 166 Å². The number of nitrogens with one attached hydrogen (secondary N) is 1. The predicted octanol–water partition coefficient (Wildman–Crippen LogP) is 1.12. The van der Waals surface area contributed by atoms with Crippen LogP contribution < -0.4 is 5.32 Å². The molecule has 8 nitrogen and oxygen atoms in total. The fourth-order valence-electron chi connectivity index (χ4n) is 2.90. The third-order valence-electron chi connectivity index (χ3n) is 4.50. The molecule has 1 saturated carbocycles. The zero-order valence-corrected chi connectivity index (χ0v) is 17.6. The lowest BCUT2D eigenvalue weighted by atomic mass is 10.3. The van der Waals surface area contributed by atoms with Gasteiger partial charge in [-0.05, 0) is 12.3 Å². The number of rotatable bonds is 6. The van der Waals surface area contributed by atoms with Gasteiger partial charge in [-0.15, -0.1) is 24.0 Å². The molecule has 1 aliphatic carbocycles. The summed E-state index contributed by atoms with van der Waals surface area (Å²) in [5, 5.41) is 7.07. The van der Waals surface area contributed by atoms with Gasteiger partial charge in [0.1, 0.15) is 12.0 Å². The normalized spacial score (nSPS) is 19.6. The molecular formula is C15H26IN5O3S. The first-order chi connectivity index (χ1) is 11.6. The average molecular weight is 483 g/mol. The van der Waals surface area contributed by atoms with Crippen LogP contribution >= 0.6 is 24.0 Å². The third kappa shape index (κ3) is 5.81. The van der Waals surface area contributed by atoms with Crippen molar-refractivity contribution in [1.29, 1.82) is 0 Å². The number of halogens is 1. The van der Waals surface area contributed by atoms with E-state index in [1.165, 1.54) is 29.8 Å². The number of nitrogens with zero attached hydrogens (tertiary/aromatic N) is 4. The Morgan fingerprint density at radius 3 is 2.64 bits per heavy atom. The van der Waals surface area contributed by atoms with Crippen molar-refractivity contribution in [1.82, 2.24) is 19.7 Å². The average Bonchev–Trinajstić information content (AvgIpc) is 3.27. The van der Waals surface area contributed by atoms with Crippen LogP contribution in [0.3, 0.4) is 0 Å². The van der Waals surface area contributed by atoms with Gasteiger partial charge in [0.05, 0.1) is 5.69 Å². The molecule has 25 heavy (non-hydrogen) atoms. The van der Waals surface area contributed by atoms with E-state index >= 15 is 0 Å². The number of aliphatic imine (C=N–C) groups is 1. The first kappa shape index (κ1) is 20.4. The fraction of sp³-hybridized carbons (Fsp3) is 0.733. The molecule has 0 atom stereocenters. The molecule has 1 N–H and O–H groups in total. The summed E-state index contributed by atoms with van der Waals surface area (Å²) in [7, 11) is -1.59. The van der Waals surface area contributed by atoms with Crippen LogP contribution in [0.1, 0.15) is 25.0 Å². The molecule has 2 fully saturated rings. The van der Waals surface area contributed by atoms with Crippen LogP contribution in [0.5, 0.6) is 0 Å². The van der Waals surface area contributed by atoms with Gasteiger partial charge in [0.25, 0.3) is 0 Å². The molecular weight excluding hydrogens is 457 g/mol. The van der Waals surface area contributed by atoms with E-state index < -0.39 is 10.0 Å². The molecule has 1 saturated heterocycles. The summed E-state index contributed by atoms with van der Waals surface area (Å²) in [5.41, 5.74) is 0.440. The van der Waals surface area contributed by atoms with Crippen LogP contribution in [-0.2, 0) is 15.8 Å². The lowest BCUT2D eigenvalue weighted by Crippen LogP contribution is -2.54. The van der Waals surface area contributed by atoms with E-state index in [4.69, 9.17) is 4.52 Å². The van der Waals surface area contributed by atoms with Crippen molar-refractivity contribution in [3.05, 3.63) is 18.0 Å². The first-order valence-corrected chi connectivity index (χ1v) is 10.0. The zero-order chi connectivity index (χ0) is 17.0.